The zero-order chi connectivity index (χ0) is 30.7. The quantitative estimate of drug-likeness (QED) is 0.192. The molecule has 9 nitrogen and oxygen atoms in total. The van der Waals surface area contributed by atoms with E-state index in [1.165, 1.54) is 31.2 Å². The van der Waals surface area contributed by atoms with Crippen LogP contribution in [0.3, 0.4) is 0 Å². The molecule has 1 saturated carbocycles. The fraction of sp³-hybridized carbons (Fsp3) is 0.300. The number of nitrogens with zero attached hydrogens (tertiary/aromatic N) is 1. The second kappa shape index (κ2) is 9.97. The molecule has 1 fully saturated rings. The lowest BCUT2D eigenvalue weighted by Gasteiger charge is -2.31. The van der Waals surface area contributed by atoms with Crippen LogP contribution in [0, 0.1) is 5.82 Å². The molecule has 224 valence electrons. The number of aromatic nitrogens is 2. The number of alkyl halides is 3. The number of pyridine rings is 1. The SMILES string of the molecule is C[C@]1(C(N)=O)COc2c1cc([C@@](O)(CNC(=O)c1cc(NC3CC3)c3[nH]ccc3c1)C(F)(F)F)nc2-c1ccc(F)cc1. The van der Waals surface area contributed by atoms with Crippen LogP contribution in [0.5, 0.6) is 5.75 Å². The molecule has 0 radical (unpaired) electrons. The number of hydrogen-bond donors (Lipinski definition) is 5. The van der Waals surface area contributed by atoms with Crippen LogP contribution in [0.15, 0.2) is 54.7 Å². The highest BCUT2D eigenvalue weighted by atomic mass is 19.4. The standard InChI is InChI=1S/C30H27F4N5O4/c1-28(27(35)41)14-43-25-20(28)12-22(39-24(25)15-2-4-18(31)5-3-15)29(42,30(32,33)34)13-37-26(40)17-10-16-8-9-36-23(16)21(11-17)38-19-6-7-19/h2-5,8-12,19,36,38,42H,6-7,13-14H2,1H3,(H2,35,41)(H,37,40)/t28-,29-/m0/s1. The number of carbonyl (C=O) groups is 2. The lowest BCUT2D eigenvalue weighted by molar-refractivity contribution is -0.265. The van der Waals surface area contributed by atoms with Crippen molar-refractivity contribution in [1.82, 2.24) is 15.3 Å². The molecule has 2 atom stereocenters. The summed E-state index contributed by atoms with van der Waals surface area (Å²) in [6.45, 7) is -0.177. The highest BCUT2D eigenvalue weighted by Crippen LogP contribution is 2.47. The van der Waals surface area contributed by atoms with E-state index in [0.29, 0.717) is 11.1 Å². The summed E-state index contributed by atoms with van der Waals surface area (Å²) in [4.78, 5) is 32.8. The van der Waals surface area contributed by atoms with Gasteiger partial charge in [0, 0.05) is 34.3 Å². The number of H-pyrrole nitrogens is 1. The van der Waals surface area contributed by atoms with Gasteiger partial charge in [0.05, 0.1) is 23.4 Å². The Morgan fingerprint density at radius 2 is 1.88 bits per heavy atom. The van der Waals surface area contributed by atoms with Crippen molar-refractivity contribution in [1.29, 1.82) is 0 Å². The zero-order valence-corrected chi connectivity index (χ0v) is 22.8. The molecule has 2 aromatic carbocycles. The van der Waals surface area contributed by atoms with Gasteiger partial charge in [-0.3, -0.25) is 9.59 Å². The maximum Gasteiger partial charge on any atom is 0.424 e. The Labute approximate surface area is 242 Å². The van der Waals surface area contributed by atoms with Crippen LogP contribution in [-0.4, -0.2) is 52.3 Å². The van der Waals surface area contributed by atoms with E-state index in [0.717, 1.165) is 36.6 Å². The molecule has 0 spiro atoms. The molecule has 2 aliphatic rings. The molecule has 1 aliphatic heterocycles. The van der Waals surface area contributed by atoms with Crippen molar-refractivity contribution >= 4 is 28.4 Å². The van der Waals surface area contributed by atoms with Gasteiger partial charge in [-0.1, -0.05) is 0 Å². The summed E-state index contributed by atoms with van der Waals surface area (Å²) in [5.74, 6) is -2.33. The van der Waals surface area contributed by atoms with Gasteiger partial charge in [0.15, 0.2) is 0 Å². The molecule has 6 N–H and O–H groups in total. The van der Waals surface area contributed by atoms with E-state index in [2.05, 4.69) is 20.6 Å². The number of aromatic amines is 1. The molecule has 43 heavy (non-hydrogen) atoms. The number of primary amides is 1. The first-order valence-corrected chi connectivity index (χ1v) is 13.5. The lowest BCUT2D eigenvalue weighted by atomic mass is 9.81. The van der Waals surface area contributed by atoms with E-state index in [4.69, 9.17) is 10.5 Å². The van der Waals surface area contributed by atoms with E-state index in [1.807, 2.05) is 0 Å². The summed E-state index contributed by atoms with van der Waals surface area (Å²) in [5, 5.41) is 17.5. The van der Waals surface area contributed by atoms with Gasteiger partial charge in [-0.25, -0.2) is 9.37 Å². The van der Waals surface area contributed by atoms with E-state index >= 15 is 0 Å². The highest BCUT2D eigenvalue weighted by Gasteiger charge is 2.57. The average Bonchev–Trinajstić information content (AvgIpc) is 3.52. The maximum atomic E-state index is 14.7. The highest BCUT2D eigenvalue weighted by molar-refractivity contribution is 6.02. The number of anilines is 1. The van der Waals surface area contributed by atoms with Gasteiger partial charge in [-0.15, -0.1) is 0 Å². The fourth-order valence-corrected chi connectivity index (χ4v) is 5.11. The van der Waals surface area contributed by atoms with Crippen LogP contribution in [0.25, 0.3) is 22.2 Å². The molecule has 0 saturated heterocycles. The monoisotopic (exact) mass is 597 g/mol. The average molecular weight is 598 g/mol. The summed E-state index contributed by atoms with van der Waals surface area (Å²) in [6.07, 6.45) is -1.71. The normalized spacial score (nSPS) is 19.4. The van der Waals surface area contributed by atoms with Gasteiger partial charge in [0.25, 0.3) is 5.91 Å². The number of nitrogens with one attached hydrogen (secondary N) is 3. The van der Waals surface area contributed by atoms with E-state index in [-0.39, 0.29) is 40.8 Å². The Balaban J connectivity index is 1.40. The molecule has 3 heterocycles. The van der Waals surface area contributed by atoms with Crippen molar-refractivity contribution in [3.05, 3.63) is 77.4 Å². The topological polar surface area (TPSA) is 142 Å². The van der Waals surface area contributed by atoms with Crippen LogP contribution in [0.1, 0.15) is 41.4 Å². The first-order valence-electron chi connectivity index (χ1n) is 13.5. The van der Waals surface area contributed by atoms with Crippen LogP contribution in [-0.2, 0) is 15.8 Å². The molecule has 1 aliphatic carbocycles. The third-order valence-electron chi connectivity index (χ3n) is 7.99. The van der Waals surface area contributed by atoms with E-state index in [1.54, 1.807) is 12.3 Å². The number of halogens is 4. The number of rotatable bonds is 8. The van der Waals surface area contributed by atoms with Gasteiger partial charge in [-0.2, -0.15) is 13.2 Å². The van der Waals surface area contributed by atoms with Crippen molar-refractivity contribution in [3.8, 4) is 17.0 Å². The summed E-state index contributed by atoms with van der Waals surface area (Å²) in [5.41, 5.74) is 0.949. The predicted octanol–water partition coefficient (Wildman–Crippen LogP) is 4.26. The number of benzene rings is 2. The molecular formula is C30H27F4N5O4. The molecular weight excluding hydrogens is 570 g/mol. The minimum Gasteiger partial charge on any atom is -0.489 e. The van der Waals surface area contributed by atoms with Crippen LogP contribution >= 0.6 is 0 Å². The van der Waals surface area contributed by atoms with Crippen LogP contribution in [0.2, 0.25) is 0 Å². The van der Waals surface area contributed by atoms with Gasteiger partial charge >= 0.3 is 6.18 Å². The lowest BCUT2D eigenvalue weighted by Crippen LogP contribution is -2.51. The minimum atomic E-state index is -5.33. The van der Waals surface area contributed by atoms with Gasteiger partial charge in [0.1, 0.15) is 29.3 Å². The Bertz CT molecular complexity index is 1750. The molecule has 0 unspecified atom stereocenters. The Morgan fingerprint density at radius 1 is 1.16 bits per heavy atom. The summed E-state index contributed by atoms with van der Waals surface area (Å²) < 4.78 is 63.4. The second-order valence-electron chi connectivity index (χ2n) is 11.1. The Kier molecular flexibility index (Phi) is 6.60. The smallest absolute Gasteiger partial charge is 0.424 e. The molecule has 6 rings (SSSR count). The summed E-state index contributed by atoms with van der Waals surface area (Å²) in [6, 6.07) is 10.7. The Hall–Kier alpha value is -4.65. The maximum absolute atomic E-state index is 14.7. The minimum absolute atomic E-state index is 0.0132. The van der Waals surface area contributed by atoms with Gasteiger partial charge < -0.3 is 31.2 Å². The molecule has 13 heteroatoms. The van der Waals surface area contributed by atoms with E-state index in [9.17, 15) is 32.3 Å². The number of ether oxygens (including phenoxy) is 1. The number of hydrogen-bond acceptors (Lipinski definition) is 6. The fourth-order valence-electron chi connectivity index (χ4n) is 5.11. The van der Waals surface area contributed by atoms with Crippen molar-refractivity contribution in [2.24, 2.45) is 5.73 Å². The van der Waals surface area contributed by atoms with Crippen LogP contribution < -0.4 is 21.1 Å². The molecule has 4 aromatic rings. The van der Waals surface area contributed by atoms with Crippen molar-refractivity contribution in [2.75, 3.05) is 18.5 Å². The number of aliphatic hydroxyl groups is 1. The third-order valence-corrected chi connectivity index (χ3v) is 7.99. The summed E-state index contributed by atoms with van der Waals surface area (Å²) in [7, 11) is 0. The van der Waals surface area contributed by atoms with Gasteiger partial charge in [0.2, 0.25) is 11.5 Å². The largest absolute Gasteiger partial charge is 0.489 e. The van der Waals surface area contributed by atoms with Crippen molar-refractivity contribution in [2.45, 2.75) is 43.0 Å². The third kappa shape index (κ3) is 4.92. The summed E-state index contributed by atoms with van der Waals surface area (Å²) >= 11 is 0. The molecule has 2 aromatic heterocycles. The van der Waals surface area contributed by atoms with Crippen molar-refractivity contribution < 1.29 is 37.0 Å². The molecule has 2 amide bonds. The Morgan fingerprint density at radius 3 is 2.53 bits per heavy atom. The second-order valence-corrected chi connectivity index (χ2v) is 11.1. The van der Waals surface area contributed by atoms with Crippen LogP contribution in [0.4, 0.5) is 23.2 Å². The number of amides is 2. The van der Waals surface area contributed by atoms with E-state index < -0.39 is 47.1 Å². The predicted molar refractivity (Wildman–Crippen MR) is 149 cm³/mol. The number of fused-ring (bicyclic) bond motifs is 2. The number of carbonyl (C=O) groups excluding carboxylic acids is 2. The molecule has 0 bridgehead atoms. The van der Waals surface area contributed by atoms with Crippen molar-refractivity contribution in [3.63, 3.8) is 0 Å². The first-order chi connectivity index (χ1) is 20.3. The first kappa shape index (κ1) is 28.5. The zero-order valence-electron chi connectivity index (χ0n) is 22.8. The number of nitrogens with two attached hydrogens (primary N) is 1. The van der Waals surface area contributed by atoms with Gasteiger partial charge in [-0.05, 0) is 68.3 Å².